The first kappa shape index (κ1) is 15.3. The fraction of sp³-hybridized carbons (Fsp3) is 0.438. The van der Waals surface area contributed by atoms with Gasteiger partial charge in [-0.25, -0.2) is 0 Å². The molecule has 0 fully saturated rings. The predicted molar refractivity (Wildman–Crippen MR) is 81.5 cm³/mol. The minimum atomic E-state index is 0.102. The highest BCUT2D eigenvalue weighted by Gasteiger charge is 2.11. The molecule has 0 bridgehead atoms. The summed E-state index contributed by atoms with van der Waals surface area (Å²) in [5.41, 5.74) is 4.41. The van der Waals surface area contributed by atoms with E-state index in [1.165, 1.54) is 5.56 Å². The van der Waals surface area contributed by atoms with E-state index in [0.29, 0.717) is 19.6 Å². The molecule has 1 amide bonds. The molecule has 0 aliphatic heterocycles. The maximum atomic E-state index is 12.1. The Balaban J connectivity index is 2.60. The van der Waals surface area contributed by atoms with Gasteiger partial charge in [0.2, 0.25) is 5.91 Å². The maximum absolute atomic E-state index is 12.1. The lowest BCUT2D eigenvalue weighted by molar-refractivity contribution is -0.128. The number of anilines is 1. The van der Waals surface area contributed by atoms with Crippen LogP contribution in [0.1, 0.15) is 25.0 Å². The van der Waals surface area contributed by atoms with Crippen LogP contribution in [0.25, 0.3) is 0 Å². The summed E-state index contributed by atoms with van der Waals surface area (Å²) in [4.78, 5) is 13.9. The molecule has 0 unspecified atom stereocenters. The van der Waals surface area contributed by atoms with E-state index in [1.807, 2.05) is 32.9 Å². The third-order valence-electron chi connectivity index (χ3n) is 3.01. The van der Waals surface area contributed by atoms with Crippen LogP contribution in [0, 0.1) is 13.8 Å². The van der Waals surface area contributed by atoms with Gasteiger partial charge in [0.15, 0.2) is 0 Å². The zero-order valence-electron chi connectivity index (χ0n) is 12.4. The number of aryl methyl sites for hydroxylation is 2. The molecule has 0 heterocycles. The molecule has 3 heteroatoms. The fourth-order valence-electron chi connectivity index (χ4n) is 2.00. The van der Waals surface area contributed by atoms with Crippen LogP contribution in [0.15, 0.2) is 30.4 Å². The third kappa shape index (κ3) is 4.78. The smallest absolute Gasteiger partial charge is 0.242 e. The van der Waals surface area contributed by atoms with Gasteiger partial charge in [-0.2, -0.15) is 0 Å². The molecule has 1 aromatic carbocycles. The van der Waals surface area contributed by atoms with Crippen molar-refractivity contribution in [3.8, 4) is 0 Å². The van der Waals surface area contributed by atoms with E-state index in [2.05, 4.69) is 24.9 Å². The predicted octanol–water partition coefficient (Wildman–Crippen LogP) is 3.14. The summed E-state index contributed by atoms with van der Waals surface area (Å²) in [5, 5.41) is 3.21. The zero-order chi connectivity index (χ0) is 14.4. The molecule has 3 nitrogen and oxygen atoms in total. The van der Waals surface area contributed by atoms with Gasteiger partial charge >= 0.3 is 0 Å². The molecule has 0 saturated heterocycles. The van der Waals surface area contributed by atoms with E-state index in [0.717, 1.165) is 16.8 Å². The molecule has 104 valence electrons. The molecule has 0 spiro atoms. The molecule has 1 aromatic rings. The standard InChI is InChI=1S/C16H24N2O/c1-6-18(11-12(2)3)16(19)10-17-15-8-7-13(4)9-14(15)5/h7-9,17H,2,6,10-11H2,1,3-5H3. The van der Waals surface area contributed by atoms with Gasteiger partial charge in [0, 0.05) is 18.8 Å². The molecule has 19 heavy (non-hydrogen) atoms. The van der Waals surface area contributed by atoms with Gasteiger partial charge in [0.05, 0.1) is 6.54 Å². The highest BCUT2D eigenvalue weighted by atomic mass is 16.2. The van der Waals surface area contributed by atoms with Crippen molar-refractivity contribution in [1.29, 1.82) is 0 Å². The minimum absolute atomic E-state index is 0.102. The van der Waals surface area contributed by atoms with Crippen molar-refractivity contribution in [3.63, 3.8) is 0 Å². The second-order valence-corrected chi connectivity index (χ2v) is 5.04. The molecule has 0 atom stereocenters. The first-order valence-corrected chi connectivity index (χ1v) is 6.67. The van der Waals surface area contributed by atoms with E-state index in [9.17, 15) is 4.79 Å². The molecule has 0 saturated carbocycles. The van der Waals surface area contributed by atoms with Gasteiger partial charge in [0.25, 0.3) is 0 Å². The lowest BCUT2D eigenvalue weighted by Crippen LogP contribution is -2.36. The van der Waals surface area contributed by atoms with E-state index < -0.39 is 0 Å². The van der Waals surface area contributed by atoms with Gasteiger partial charge in [-0.05, 0) is 39.3 Å². The van der Waals surface area contributed by atoms with E-state index in [4.69, 9.17) is 0 Å². The number of hydrogen-bond acceptors (Lipinski definition) is 2. The van der Waals surface area contributed by atoms with E-state index in [1.54, 1.807) is 4.90 Å². The van der Waals surface area contributed by atoms with Gasteiger partial charge in [-0.15, -0.1) is 0 Å². The Morgan fingerprint density at radius 1 is 1.37 bits per heavy atom. The Kier molecular flexibility index (Phi) is 5.61. The zero-order valence-corrected chi connectivity index (χ0v) is 12.4. The quantitative estimate of drug-likeness (QED) is 0.797. The largest absolute Gasteiger partial charge is 0.376 e. The Bertz CT molecular complexity index is 466. The van der Waals surface area contributed by atoms with Gasteiger partial charge in [0.1, 0.15) is 0 Å². The SMILES string of the molecule is C=C(C)CN(CC)C(=O)CNc1ccc(C)cc1C. The minimum Gasteiger partial charge on any atom is -0.376 e. The van der Waals surface area contributed by atoms with Crippen LogP contribution in [0.2, 0.25) is 0 Å². The normalized spacial score (nSPS) is 10.1. The number of benzene rings is 1. The van der Waals surface area contributed by atoms with Crippen molar-refractivity contribution in [1.82, 2.24) is 4.90 Å². The molecular formula is C16H24N2O. The topological polar surface area (TPSA) is 32.3 Å². The number of hydrogen-bond donors (Lipinski definition) is 1. The Morgan fingerprint density at radius 3 is 2.58 bits per heavy atom. The van der Waals surface area contributed by atoms with Crippen molar-refractivity contribution in [2.45, 2.75) is 27.7 Å². The molecule has 0 aliphatic carbocycles. The van der Waals surface area contributed by atoms with Crippen LogP contribution in [0.5, 0.6) is 0 Å². The van der Waals surface area contributed by atoms with Crippen LogP contribution in [-0.4, -0.2) is 30.4 Å². The average Bonchev–Trinajstić information content (AvgIpc) is 2.34. The molecule has 0 aliphatic rings. The molecule has 0 radical (unpaired) electrons. The summed E-state index contributed by atoms with van der Waals surface area (Å²) < 4.78 is 0. The number of nitrogens with one attached hydrogen (secondary N) is 1. The summed E-state index contributed by atoms with van der Waals surface area (Å²) in [6.07, 6.45) is 0. The number of carbonyl (C=O) groups is 1. The van der Waals surface area contributed by atoms with Crippen molar-refractivity contribution < 1.29 is 4.79 Å². The summed E-state index contributed by atoms with van der Waals surface area (Å²) >= 11 is 0. The summed E-state index contributed by atoms with van der Waals surface area (Å²) in [6.45, 7) is 13.5. The van der Waals surface area contributed by atoms with Gasteiger partial charge < -0.3 is 10.2 Å². The summed E-state index contributed by atoms with van der Waals surface area (Å²) in [5.74, 6) is 0.102. The van der Waals surface area contributed by atoms with Crippen molar-refractivity contribution in [3.05, 3.63) is 41.5 Å². The van der Waals surface area contributed by atoms with Crippen LogP contribution >= 0.6 is 0 Å². The summed E-state index contributed by atoms with van der Waals surface area (Å²) in [7, 11) is 0. The summed E-state index contributed by atoms with van der Waals surface area (Å²) in [6, 6.07) is 6.18. The number of carbonyl (C=O) groups excluding carboxylic acids is 1. The second kappa shape index (κ2) is 6.98. The van der Waals surface area contributed by atoms with E-state index >= 15 is 0 Å². The van der Waals surface area contributed by atoms with Crippen LogP contribution in [0.4, 0.5) is 5.69 Å². The number of likely N-dealkylation sites (N-methyl/N-ethyl adjacent to an activating group) is 1. The molecular weight excluding hydrogens is 236 g/mol. The lowest BCUT2D eigenvalue weighted by Gasteiger charge is -2.21. The van der Waals surface area contributed by atoms with Crippen molar-refractivity contribution in [2.75, 3.05) is 25.0 Å². The fourth-order valence-corrected chi connectivity index (χ4v) is 2.00. The molecule has 1 N–H and O–H groups in total. The second-order valence-electron chi connectivity index (χ2n) is 5.04. The Morgan fingerprint density at radius 2 is 2.05 bits per heavy atom. The first-order valence-electron chi connectivity index (χ1n) is 6.67. The van der Waals surface area contributed by atoms with Crippen LogP contribution in [0.3, 0.4) is 0 Å². The van der Waals surface area contributed by atoms with Crippen LogP contribution in [-0.2, 0) is 4.79 Å². The van der Waals surface area contributed by atoms with E-state index in [-0.39, 0.29) is 5.91 Å². The highest BCUT2D eigenvalue weighted by molar-refractivity contribution is 5.81. The first-order chi connectivity index (χ1) is 8.93. The third-order valence-corrected chi connectivity index (χ3v) is 3.01. The lowest BCUT2D eigenvalue weighted by atomic mass is 10.1. The Labute approximate surface area is 116 Å². The highest BCUT2D eigenvalue weighted by Crippen LogP contribution is 2.15. The van der Waals surface area contributed by atoms with Crippen LogP contribution < -0.4 is 5.32 Å². The number of rotatable bonds is 6. The number of amides is 1. The van der Waals surface area contributed by atoms with Gasteiger partial charge in [-0.1, -0.05) is 29.8 Å². The van der Waals surface area contributed by atoms with Gasteiger partial charge in [-0.3, -0.25) is 4.79 Å². The maximum Gasteiger partial charge on any atom is 0.242 e. The van der Waals surface area contributed by atoms with Crippen molar-refractivity contribution in [2.24, 2.45) is 0 Å². The molecule has 0 aromatic heterocycles. The average molecular weight is 260 g/mol. The Hall–Kier alpha value is -1.77. The number of nitrogens with zero attached hydrogens (tertiary/aromatic N) is 1. The van der Waals surface area contributed by atoms with Crippen molar-refractivity contribution >= 4 is 11.6 Å². The monoisotopic (exact) mass is 260 g/mol. The molecule has 1 rings (SSSR count).